The molecule has 0 spiro atoms. The molecule has 284 valence electrons. The topological polar surface area (TPSA) is 144 Å². The molecule has 0 aliphatic heterocycles. The average Bonchev–Trinajstić information content (AvgIpc) is 3.46. The molecule has 0 bridgehead atoms. The molecule has 0 radical (unpaired) electrons. The van der Waals surface area contributed by atoms with Crippen molar-refractivity contribution < 1.29 is 44.8 Å². The second-order valence-electron chi connectivity index (χ2n) is 11.8. The molecule has 1 aliphatic carbocycles. The number of ether oxygens (including phenoxy) is 2. The summed E-state index contributed by atoms with van der Waals surface area (Å²) in [6, 6.07) is 20.5. The number of anilines is 1. The molecule has 1 aliphatic rings. The van der Waals surface area contributed by atoms with Crippen LogP contribution < -0.4 is 10.5 Å². The van der Waals surface area contributed by atoms with E-state index in [2.05, 4.69) is 5.10 Å². The van der Waals surface area contributed by atoms with Gasteiger partial charge in [-0.05, 0) is 53.8 Å². The Morgan fingerprint density at radius 2 is 1.59 bits per heavy atom. The van der Waals surface area contributed by atoms with Crippen LogP contribution in [-0.2, 0) is 26.5 Å². The van der Waals surface area contributed by atoms with E-state index in [4.69, 9.17) is 66.9 Å². The van der Waals surface area contributed by atoms with E-state index in [9.17, 15) is 40.6 Å². The highest BCUT2D eigenvalue weighted by atomic mass is 35.5. The van der Waals surface area contributed by atoms with Crippen LogP contribution in [0, 0.1) is 39.9 Å². The molecule has 2 N–H and O–H groups in total. The Bertz CT molecular complexity index is 2170. The number of nitriles is 2. The van der Waals surface area contributed by atoms with Crippen LogP contribution in [0.2, 0.25) is 10.0 Å². The molecule has 3 aromatic carbocycles. The van der Waals surface area contributed by atoms with Crippen LogP contribution in [0.5, 0.6) is 11.5 Å². The molecule has 1 aromatic heterocycles. The highest BCUT2D eigenvalue weighted by Gasteiger charge is 2.62. The van der Waals surface area contributed by atoms with E-state index < -0.39 is 72.3 Å². The summed E-state index contributed by atoms with van der Waals surface area (Å²) in [5.74, 6) is -0.613. The number of nitrogens with two attached hydrogens (primary N) is 1. The van der Waals surface area contributed by atoms with Gasteiger partial charge in [-0.25, -0.2) is 8.89 Å². The first-order valence-electron chi connectivity index (χ1n) is 14.9. The van der Waals surface area contributed by atoms with E-state index in [1.807, 2.05) is 50.2 Å². The smallest absolute Gasteiger partial charge is 0.457 e. The van der Waals surface area contributed by atoms with Gasteiger partial charge in [0.1, 0.15) is 44.5 Å². The summed E-state index contributed by atoms with van der Waals surface area (Å²) in [4.78, 5) is 11.5. The predicted octanol–water partition coefficient (Wildman–Crippen LogP) is 10.5. The van der Waals surface area contributed by atoms with Gasteiger partial charge in [-0.3, -0.25) is 4.79 Å². The maximum Gasteiger partial charge on any atom is 0.476 e. The van der Waals surface area contributed by atoms with Crippen molar-refractivity contribution >= 4 is 69.0 Å². The molecule has 0 saturated heterocycles. The molecule has 4 aromatic rings. The molecular formula is C34H23Cl4F6N5O4S. The van der Waals surface area contributed by atoms with Crippen molar-refractivity contribution in [2.24, 2.45) is 17.3 Å². The lowest BCUT2D eigenvalue weighted by molar-refractivity contribution is -0.149. The van der Waals surface area contributed by atoms with Crippen molar-refractivity contribution in [1.82, 2.24) is 9.78 Å². The fraction of sp³-hybridized carbons (Fsp3) is 0.235. The zero-order valence-electron chi connectivity index (χ0n) is 27.3. The number of alkyl halides is 6. The number of allylic oxidation sites excluding steroid dienone is 1. The molecule has 1 saturated carbocycles. The van der Waals surface area contributed by atoms with Gasteiger partial charge in [0.15, 0.2) is 16.5 Å². The zero-order chi connectivity index (χ0) is 40.3. The third-order valence-electron chi connectivity index (χ3n) is 7.89. The number of rotatable bonds is 8. The van der Waals surface area contributed by atoms with Crippen molar-refractivity contribution in [2.45, 2.75) is 36.5 Å². The van der Waals surface area contributed by atoms with Crippen LogP contribution in [0.25, 0.3) is 5.69 Å². The minimum absolute atomic E-state index is 0.114. The van der Waals surface area contributed by atoms with Crippen LogP contribution >= 0.6 is 46.4 Å². The van der Waals surface area contributed by atoms with Crippen molar-refractivity contribution in [3.63, 3.8) is 0 Å². The third-order valence-corrected chi connectivity index (χ3v) is 9.92. The minimum atomic E-state index is -5.25. The fourth-order valence-electron chi connectivity index (χ4n) is 5.19. The largest absolute Gasteiger partial charge is 0.476 e. The Kier molecular flexibility index (Phi) is 12.9. The number of para-hydroxylation sites is 1. The first kappa shape index (κ1) is 42.3. The number of esters is 1. The monoisotopic (exact) mass is 851 g/mol. The first-order valence-corrected chi connectivity index (χ1v) is 17.6. The quantitative estimate of drug-likeness (QED) is 0.136. The lowest BCUT2D eigenvalue weighted by Gasteiger charge is -2.13. The summed E-state index contributed by atoms with van der Waals surface area (Å²) in [5, 5.41) is 20.6. The first-order chi connectivity index (χ1) is 25.1. The maximum atomic E-state index is 12.7. The van der Waals surface area contributed by atoms with E-state index in [-0.39, 0.29) is 21.7 Å². The van der Waals surface area contributed by atoms with Gasteiger partial charge in [0.25, 0.3) is 0 Å². The van der Waals surface area contributed by atoms with E-state index in [0.717, 1.165) is 0 Å². The summed E-state index contributed by atoms with van der Waals surface area (Å²) in [7, 11) is -3.71. The minimum Gasteiger partial charge on any atom is -0.457 e. The molecule has 54 heavy (non-hydrogen) atoms. The highest BCUT2D eigenvalue weighted by Crippen LogP contribution is 2.60. The van der Waals surface area contributed by atoms with Crippen molar-refractivity contribution in [2.75, 3.05) is 5.73 Å². The fourth-order valence-corrected chi connectivity index (χ4v) is 6.88. The van der Waals surface area contributed by atoms with Crippen LogP contribution in [-0.4, -0.2) is 25.5 Å². The number of nitrogen functional groups attached to an aromatic ring is 1. The summed E-state index contributed by atoms with van der Waals surface area (Å²) in [6.07, 6.45) is -4.17. The number of aromatic nitrogens is 2. The summed E-state index contributed by atoms with van der Waals surface area (Å²) < 4.78 is 99.7. The van der Waals surface area contributed by atoms with Gasteiger partial charge in [0, 0.05) is 5.56 Å². The van der Waals surface area contributed by atoms with Gasteiger partial charge >= 0.3 is 17.7 Å². The molecule has 5 rings (SSSR count). The molecule has 1 heterocycles. The Balaban J connectivity index is 0.000000241. The van der Waals surface area contributed by atoms with E-state index in [1.54, 1.807) is 30.3 Å². The lowest BCUT2D eigenvalue weighted by Crippen LogP contribution is -2.18. The molecule has 0 amide bonds. The molecular weight excluding hydrogens is 830 g/mol. The number of nitrogens with zero attached hydrogens (tertiary/aromatic N) is 4. The summed E-state index contributed by atoms with van der Waals surface area (Å²) >= 11 is 22.9. The lowest BCUT2D eigenvalue weighted by atomic mass is 10.1. The Morgan fingerprint density at radius 3 is 2.11 bits per heavy atom. The summed E-state index contributed by atoms with van der Waals surface area (Å²) in [5.41, 5.74) is -2.19. The van der Waals surface area contributed by atoms with Crippen LogP contribution in [0.3, 0.4) is 0 Å². The van der Waals surface area contributed by atoms with Crippen molar-refractivity contribution in [3.05, 3.63) is 104 Å². The zero-order valence-corrected chi connectivity index (χ0v) is 31.2. The van der Waals surface area contributed by atoms with E-state index in [0.29, 0.717) is 33.9 Å². The Labute approximate surface area is 325 Å². The Morgan fingerprint density at radius 1 is 1.00 bits per heavy atom. The van der Waals surface area contributed by atoms with Gasteiger partial charge in [-0.2, -0.15) is 42.0 Å². The normalized spacial score (nSPS) is 17.1. The maximum absolute atomic E-state index is 12.7. The number of carbonyl (C=O) groups excluding carboxylic acids is 1. The second kappa shape index (κ2) is 16.5. The second-order valence-corrected chi connectivity index (χ2v) is 15.0. The predicted molar refractivity (Wildman–Crippen MR) is 188 cm³/mol. The molecule has 9 nitrogen and oxygen atoms in total. The SMILES string of the molecule is CC1(C)C(C=C(Cl)Cl)C1C(=O)O[C@H](C#N)c1cccc(Oc2ccccc2)c1.N#Cc1nn(-c2c(Cl)cc(C(F)(F)F)cc2Cl)c(N)c1S(=O)C(F)(F)F. The highest BCUT2D eigenvalue weighted by molar-refractivity contribution is 7.86. The van der Waals surface area contributed by atoms with Crippen LogP contribution in [0.1, 0.15) is 36.8 Å². The molecule has 3 unspecified atom stereocenters. The number of hydrogen-bond donors (Lipinski definition) is 1. The van der Waals surface area contributed by atoms with Crippen molar-refractivity contribution in [3.8, 4) is 29.3 Å². The van der Waals surface area contributed by atoms with Gasteiger partial charge in [0.2, 0.25) is 6.10 Å². The van der Waals surface area contributed by atoms with E-state index >= 15 is 0 Å². The number of hydrogen-bond acceptors (Lipinski definition) is 8. The van der Waals surface area contributed by atoms with Gasteiger partial charge < -0.3 is 15.2 Å². The van der Waals surface area contributed by atoms with Crippen molar-refractivity contribution in [1.29, 1.82) is 10.5 Å². The van der Waals surface area contributed by atoms with Gasteiger partial charge in [-0.15, -0.1) is 0 Å². The standard InChI is InChI=1S/C22H19Cl2NO3.C12H4Cl2F6N4OS/c1-22(2)17(12-19(23)24)20(22)21(26)28-18(13-25)14-7-6-10-16(11-14)27-15-8-4-3-5-9-15;13-5-1-4(11(15,16)17)2-6(14)8(5)24-10(22)9(7(3-21)23-24)26(25)12(18,19)20/h3-12,17-18,20H,1-2H3;1-2H,22H2/t17?,18-,20?;/m1./s1. The average molecular weight is 853 g/mol. The number of benzene rings is 3. The third kappa shape index (κ3) is 9.61. The molecule has 1 fully saturated rings. The van der Waals surface area contributed by atoms with Gasteiger partial charge in [-0.1, -0.05) is 90.6 Å². The molecule has 20 heteroatoms. The Hall–Kier alpha value is -4.45. The van der Waals surface area contributed by atoms with Crippen LogP contribution in [0.15, 0.2) is 82.2 Å². The number of halogens is 10. The number of carbonyl (C=O) groups is 1. The summed E-state index contributed by atoms with van der Waals surface area (Å²) in [6.45, 7) is 3.87. The van der Waals surface area contributed by atoms with Crippen LogP contribution in [0.4, 0.5) is 32.2 Å². The van der Waals surface area contributed by atoms with Gasteiger partial charge in [0.05, 0.1) is 21.5 Å². The van der Waals surface area contributed by atoms with E-state index in [1.165, 1.54) is 6.07 Å². The molecule has 4 atom stereocenters.